The molecular formula is C94H59BN4. The van der Waals surface area contributed by atoms with E-state index in [1.165, 1.54) is 81.4 Å². The van der Waals surface area contributed by atoms with Gasteiger partial charge in [-0.2, -0.15) is 0 Å². The van der Waals surface area contributed by atoms with Crippen LogP contribution in [0.25, 0.3) is 143 Å². The Morgan fingerprint density at radius 3 is 1.09 bits per heavy atom. The largest absolute Gasteiger partial charge is 0.310 e. The zero-order valence-electron chi connectivity index (χ0n) is 53.9. The lowest BCUT2D eigenvalue weighted by Crippen LogP contribution is -2.61. The summed E-state index contributed by atoms with van der Waals surface area (Å²) in [6.07, 6.45) is 0. The predicted octanol–water partition coefficient (Wildman–Crippen LogP) is 23.2. The van der Waals surface area contributed by atoms with Gasteiger partial charge in [0.15, 0.2) is 0 Å². The molecule has 0 saturated heterocycles. The lowest BCUT2D eigenvalue weighted by Gasteiger charge is -2.46. The van der Waals surface area contributed by atoms with Gasteiger partial charge in [0.1, 0.15) is 0 Å². The standard InChI is InChI=1S/C94H59BN4/c1-5-24-60(25-6-1)71-38-22-39-72(61-26-7-2-8-27-61)93(71)98-86-55-50-67(70-52-48-66-47-46-64-32-21-33-65-49-53-79(70)91(66)90(64)65)56-81(86)95-80-54-51-68(96-82-42-17-13-34-75(82)76-35-14-18-43-83(76)96)57-87(80)99(94-73(62-28-9-3-10-29-62)40-23-41-74(94)63-30-11-4-12-31-63)89-59-69(58-88(98)92(89)95)97-84-44-19-15-36-77(84)78-37-16-20-45-85(78)97/h1-59H. The molecule has 0 bridgehead atoms. The Kier molecular flexibility index (Phi) is 12.2. The van der Waals surface area contributed by atoms with Crippen LogP contribution in [0.5, 0.6) is 0 Å². The van der Waals surface area contributed by atoms with Crippen molar-refractivity contribution in [1.29, 1.82) is 0 Å². The number of anilines is 6. The van der Waals surface area contributed by atoms with Crippen molar-refractivity contribution in [2.75, 3.05) is 9.80 Å². The molecular weight excluding hydrogens is 1200 g/mol. The summed E-state index contributed by atoms with van der Waals surface area (Å²) in [5.74, 6) is 0. The molecule has 0 fully saturated rings. The Morgan fingerprint density at radius 1 is 0.212 bits per heavy atom. The second-order valence-corrected chi connectivity index (χ2v) is 26.6. The van der Waals surface area contributed by atoms with Crippen LogP contribution in [-0.4, -0.2) is 15.8 Å². The highest BCUT2D eigenvalue weighted by atomic mass is 15.2. The molecule has 19 aromatic rings. The molecule has 0 aliphatic carbocycles. The highest BCUT2D eigenvalue weighted by molar-refractivity contribution is 7.00. The highest BCUT2D eigenvalue weighted by Crippen LogP contribution is 2.55. The monoisotopic (exact) mass is 1250 g/mol. The van der Waals surface area contributed by atoms with Crippen molar-refractivity contribution in [3.05, 3.63) is 358 Å². The van der Waals surface area contributed by atoms with Crippen molar-refractivity contribution in [1.82, 2.24) is 9.13 Å². The first-order chi connectivity index (χ1) is 49.2. The van der Waals surface area contributed by atoms with Crippen LogP contribution in [0, 0.1) is 0 Å². The maximum absolute atomic E-state index is 2.69. The molecule has 2 aliphatic rings. The number of para-hydroxylation sites is 6. The first kappa shape index (κ1) is 55.3. The van der Waals surface area contributed by atoms with Crippen molar-refractivity contribution in [2.24, 2.45) is 0 Å². The minimum absolute atomic E-state index is 0.278. The molecule has 0 unspecified atom stereocenters. The number of fused-ring (bicyclic) bond motifs is 10. The summed E-state index contributed by atoms with van der Waals surface area (Å²) < 4.78 is 5.03. The summed E-state index contributed by atoms with van der Waals surface area (Å²) in [4.78, 5) is 5.37. The van der Waals surface area contributed by atoms with Crippen molar-refractivity contribution in [2.45, 2.75) is 0 Å². The Labute approximate surface area is 573 Å². The lowest BCUT2D eigenvalue weighted by atomic mass is 9.33. The first-order valence-corrected chi connectivity index (χ1v) is 34.3. The molecule has 5 heteroatoms. The number of benzene rings is 17. The van der Waals surface area contributed by atoms with E-state index in [-0.39, 0.29) is 6.71 Å². The van der Waals surface area contributed by atoms with Gasteiger partial charge >= 0.3 is 0 Å². The van der Waals surface area contributed by atoms with Gasteiger partial charge in [0.2, 0.25) is 0 Å². The van der Waals surface area contributed by atoms with Gasteiger partial charge in [-0.05, 0) is 137 Å². The van der Waals surface area contributed by atoms with E-state index in [2.05, 4.69) is 377 Å². The maximum Gasteiger partial charge on any atom is 0.252 e. The van der Waals surface area contributed by atoms with Gasteiger partial charge in [0, 0.05) is 72.2 Å². The van der Waals surface area contributed by atoms with Gasteiger partial charge < -0.3 is 18.9 Å². The van der Waals surface area contributed by atoms with E-state index in [9.17, 15) is 0 Å². The molecule has 0 spiro atoms. The summed E-state index contributed by atoms with van der Waals surface area (Å²) in [6.45, 7) is -0.278. The smallest absolute Gasteiger partial charge is 0.252 e. The van der Waals surface area contributed by atoms with Gasteiger partial charge in [0.05, 0.1) is 39.1 Å². The van der Waals surface area contributed by atoms with Crippen molar-refractivity contribution in [3.8, 4) is 67.0 Å². The second-order valence-electron chi connectivity index (χ2n) is 26.6. The quantitative estimate of drug-likeness (QED) is 0.106. The summed E-state index contributed by atoms with van der Waals surface area (Å²) in [6, 6.07) is 135. The number of nitrogens with zero attached hydrogens (tertiary/aromatic N) is 4. The summed E-state index contributed by atoms with van der Waals surface area (Å²) in [7, 11) is 0. The molecule has 0 radical (unpaired) electrons. The van der Waals surface area contributed by atoms with E-state index in [1.54, 1.807) is 0 Å². The molecule has 458 valence electrons. The van der Waals surface area contributed by atoms with Gasteiger partial charge in [-0.25, -0.2) is 0 Å². The molecule has 2 aromatic heterocycles. The van der Waals surface area contributed by atoms with E-state index >= 15 is 0 Å². The van der Waals surface area contributed by atoms with Crippen molar-refractivity contribution in [3.63, 3.8) is 0 Å². The number of rotatable bonds is 9. The van der Waals surface area contributed by atoms with Crippen LogP contribution in [0.4, 0.5) is 34.1 Å². The number of aromatic nitrogens is 2. The number of hydrogen-bond acceptors (Lipinski definition) is 2. The third-order valence-corrected chi connectivity index (χ3v) is 21.4. The molecule has 2 aliphatic heterocycles. The average molecular weight is 1260 g/mol. The Hall–Kier alpha value is -13.0. The Bertz CT molecular complexity index is 6250. The van der Waals surface area contributed by atoms with Crippen LogP contribution in [0.1, 0.15) is 0 Å². The van der Waals surface area contributed by atoms with E-state index in [4.69, 9.17) is 0 Å². The van der Waals surface area contributed by atoms with Crippen molar-refractivity contribution < 1.29 is 0 Å². The predicted molar refractivity (Wildman–Crippen MR) is 420 cm³/mol. The molecule has 4 nitrogen and oxygen atoms in total. The maximum atomic E-state index is 2.69. The Morgan fingerprint density at radius 2 is 0.606 bits per heavy atom. The molecule has 99 heavy (non-hydrogen) atoms. The van der Waals surface area contributed by atoms with Gasteiger partial charge in [-0.15, -0.1) is 0 Å². The Balaban J connectivity index is 0.956. The fourth-order valence-corrected chi connectivity index (χ4v) is 17.2. The van der Waals surface area contributed by atoms with Crippen LogP contribution >= 0.6 is 0 Å². The zero-order valence-corrected chi connectivity index (χ0v) is 53.9. The third kappa shape index (κ3) is 8.29. The van der Waals surface area contributed by atoms with Crippen LogP contribution in [0.15, 0.2) is 358 Å². The molecule has 0 amide bonds. The van der Waals surface area contributed by atoms with Gasteiger partial charge in [-0.1, -0.05) is 303 Å². The van der Waals surface area contributed by atoms with Gasteiger partial charge in [-0.3, -0.25) is 0 Å². The third-order valence-electron chi connectivity index (χ3n) is 21.4. The lowest BCUT2D eigenvalue weighted by molar-refractivity contribution is 1.15. The SMILES string of the molecule is c1ccc(-c2cccc(-c3ccccc3)c2N2c3ccc(-c4ccc5ccc6cccc7ccc4c5c67)cc3B3c4ccc(-n5c6ccccc6c6ccccc65)cc4N(c4c(-c5ccccc5)cccc4-c4ccccc4)c4cc(-n5c6ccccc6c6ccccc65)cc2c43)cc1. The topological polar surface area (TPSA) is 16.3 Å². The van der Waals surface area contributed by atoms with E-state index in [0.29, 0.717) is 0 Å². The van der Waals surface area contributed by atoms with Crippen LogP contribution in [-0.2, 0) is 0 Å². The van der Waals surface area contributed by atoms with E-state index in [0.717, 1.165) is 112 Å². The van der Waals surface area contributed by atoms with Crippen LogP contribution < -0.4 is 26.2 Å². The average Bonchev–Trinajstić information content (AvgIpc) is 0.848. The summed E-state index contributed by atoms with van der Waals surface area (Å²) in [5.41, 5.74) is 28.5. The number of hydrogen-bond donors (Lipinski definition) is 0. The molecule has 0 N–H and O–H groups in total. The van der Waals surface area contributed by atoms with Crippen LogP contribution in [0.2, 0.25) is 0 Å². The van der Waals surface area contributed by atoms with Crippen molar-refractivity contribution >= 4 is 133 Å². The van der Waals surface area contributed by atoms with E-state index < -0.39 is 0 Å². The second kappa shape index (κ2) is 21.8. The van der Waals surface area contributed by atoms with Crippen LogP contribution in [0.3, 0.4) is 0 Å². The molecule has 4 heterocycles. The normalized spacial score (nSPS) is 12.6. The molecule has 21 rings (SSSR count). The summed E-state index contributed by atoms with van der Waals surface area (Å²) in [5, 5.41) is 12.5. The zero-order chi connectivity index (χ0) is 64.8. The van der Waals surface area contributed by atoms with Gasteiger partial charge in [0.25, 0.3) is 6.71 Å². The fourth-order valence-electron chi connectivity index (χ4n) is 17.2. The minimum Gasteiger partial charge on any atom is -0.310 e. The molecule has 0 saturated carbocycles. The minimum atomic E-state index is -0.278. The fraction of sp³-hybridized carbons (Fsp3) is 0. The molecule has 17 aromatic carbocycles. The molecule has 0 atom stereocenters. The summed E-state index contributed by atoms with van der Waals surface area (Å²) >= 11 is 0. The first-order valence-electron chi connectivity index (χ1n) is 34.3. The highest BCUT2D eigenvalue weighted by Gasteiger charge is 2.46. The van der Waals surface area contributed by atoms with E-state index in [1.807, 2.05) is 0 Å².